The number of nitrogens with zero attached hydrogens (tertiary/aromatic N) is 4. The third kappa shape index (κ3) is 5.22. The number of benzene rings is 1. The molecule has 36 heavy (non-hydrogen) atoms. The van der Waals surface area contributed by atoms with E-state index >= 15 is 0 Å². The van der Waals surface area contributed by atoms with Crippen molar-refractivity contribution in [1.82, 2.24) is 10.3 Å². The van der Waals surface area contributed by atoms with Crippen LogP contribution >= 0.6 is 11.8 Å². The number of nitrogens with one attached hydrogen (secondary N) is 1. The summed E-state index contributed by atoms with van der Waals surface area (Å²) in [5, 5.41) is 22.8. The number of thioether (sulfide) groups is 1. The van der Waals surface area contributed by atoms with Gasteiger partial charge in [0, 0.05) is 31.7 Å². The largest absolute Gasteiger partial charge is 0.491 e. The van der Waals surface area contributed by atoms with E-state index in [2.05, 4.69) is 16.4 Å². The number of hydrogen-bond acceptors (Lipinski definition) is 9. The molecule has 3 rings (SSSR count). The second kappa shape index (κ2) is 10.8. The highest BCUT2D eigenvalue weighted by Gasteiger charge is 2.52. The van der Waals surface area contributed by atoms with Gasteiger partial charge < -0.3 is 20.7 Å². The lowest BCUT2D eigenvalue weighted by atomic mass is 10.0. The molecular weight excluding hydrogens is 497 g/mol. The van der Waals surface area contributed by atoms with Crippen LogP contribution in [0.3, 0.4) is 0 Å². The maximum atomic E-state index is 13.2. The summed E-state index contributed by atoms with van der Waals surface area (Å²) in [4.78, 5) is 28.2. The maximum absolute atomic E-state index is 13.2. The molecule has 0 radical (unpaired) electrons. The highest BCUT2D eigenvalue weighted by Crippen LogP contribution is 2.46. The first kappa shape index (κ1) is 26.8. The van der Waals surface area contributed by atoms with E-state index in [0.717, 1.165) is 0 Å². The summed E-state index contributed by atoms with van der Waals surface area (Å²) in [7, 11) is 0. The Morgan fingerprint density at radius 1 is 1.17 bits per heavy atom. The van der Waals surface area contributed by atoms with Crippen molar-refractivity contribution >= 4 is 29.5 Å². The third-order valence-corrected chi connectivity index (χ3v) is 6.73. The van der Waals surface area contributed by atoms with Crippen LogP contribution in [0.1, 0.15) is 29.2 Å². The number of hydrogen-bond donors (Lipinski definition) is 2. The number of aromatic nitrogens is 1. The van der Waals surface area contributed by atoms with Crippen LogP contribution in [0, 0.1) is 22.7 Å². The van der Waals surface area contributed by atoms with Gasteiger partial charge in [-0.1, -0.05) is 37.3 Å². The van der Waals surface area contributed by atoms with Crippen LogP contribution in [0.5, 0.6) is 0 Å². The monoisotopic (exact) mass is 518 g/mol. The molecule has 1 fully saturated rings. The van der Waals surface area contributed by atoms with Crippen molar-refractivity contribution in [3.63, 3.8) is 0 Å². The number of esters is 1. The van der Waals surface area contributed by atoms with E-state index in [9.17, 15) is 33.3 Å². The topological polar surface area (TPSA) is 145 Å². The first-order chi connectivity index (χ1) is 17.1. The third-order valence-electron chi connectivity index (χ3n) is 5.43. The minimum atomic E-state index is -5.42. The van der Waals surface area contributed by atoms with Crippen LogP contribution in [0.4, 0.5) is 19.0 Å². The Labute approximate surface area is 209 Å². The molecule has 2 heterocycles. The number of nitrogens with two attached hydrogens (primary N) is 1. The van der Waals surface area contributed by atoms with Gasteiger partial charge in [0.25, 0.3) is 10.8 Å². The Kier molecular flexibility index (Phi) is 8.07. The number of rotatable bonds is 7. The van der Waals surface area contributed by atoms with Crippen molar-refractivity contribution in [2.24, 2.45) is 5.73 Å². The molecule has 0 aliphatic carbocycles. The first-order valence-corrected chi connectivity index (χ1v) is 11.6. The van der Waals surface area contributed by atoms with Gasteiger partial charge in [-0.15, -0.1) is 0 Å². The molecule has 0 saturated carbocycles. The SMILES string of the molecule is CCc1c(C#N)c(SC(OC(=O)C(F)(F)F)(C(N)=O)c2ccccc2)nc(N2CCNCC2)c1C#N. The molecular formula is C23H21F3N6O3S. The maximum Gasteiger partial charge on any atom is 0.491 e. The molecule has 1 atom stereocenters. The normalized spacial score (nSPS) is 15.3. The van der Waals surface area contributed by atoms with Crippen molar-refractivity contribution in [2.45, 2.75) is 29.5 Å². The van der Waals surface area contributed by atoms with Crippen LogP contribution in [0.15, 0.2) is 35.4 Å². The average molecular weight is 519 g/mol. The molecule has 1 aromatic carbocycles. The number of carbonyl (C=O) groups is 2. The quantitative estimate of drug-likeness (QED) is 0.320. The van der Waals surface area contributed by atoms with Crippen molar-refractivity contribution < 1.29 is 27.5 Å². The van der Waals surface area contributed by atoms with Gasteiger partial charge in [-0.3, -0.25) is 4.79 Å². The molecule has 0 bridgehead atoms. The molecule has 1 aliphatic heterocycles. The highest BCUT2D eigenvalue weighted by molar-refractivity contribution is 8.00. The standard InChI is InChI=1S/C23H21F3N6O3S/c1-2-15-16(12-27)18(32-10-8-30-9-11-32)31-19(17(15)13-28)36-22(20(29)33,14-6-4-3-5-7-14)35-21(34)23(24,25)26/h3-7,30H,2,8-11H2,1H3,(H2,29,33). The molecule has 1 saturated heterocycles. The molecule has 9 nitrogen and oxygen atoms in total. The zero-order valence-corrected chi connectivity index (χ0v) is 19.9. The summed E-state index contributed by atoms with van der Waals surface area (Å²) in [6, 6.07) is 11.0. The molecule has 1 unspecified atom stereocenters. The van der Waals surface area contributed by atoms with Gasteiger partial charge in [0.2, 0.25) is 0 Å². The number of piperazine rings is 1. The minimum Gasteiger partial charge on any atom is -0.427 e. The molecule has 188 valence electrons. The van der Waals surface area contributed by atoms with Crippen LogP contribution in [-0.4, -0.2) is 49.2 Å². The van der Waals surface area contributed by atoms with Gasteiger partial charge in [0.1, 0.15) is 23.0 Å². The van der Waals surface area contributed by atoms with Crippen molar-refractivity contribution in [3.05, 3.63) is 52.6 Å². The summed E-state index contributed by atoms with van der Waals surface area (Å²) < 4.78 is 44.4. The van der Waals surface area contributed by atoms with Crippen LogP contribution in [-0.2, 0) is 25.7 Å². The summed E-state index contributed by atoms with van der Waals surface area (Å²) in [6.07, 6.45) is -5.20. The van der Waals surface area contributed by atoms with Gasteiger partial charge in [-0.2, -0.15) is 23.7 Å². The minimum absolute atomic E-state index is 0.123. The molecule has 2 aromatic rings. The Morgan fingerprint density at radius 3 is 2.28 bits per heavy atom. The van der Waals surface area contributed by atoms with Crippen molar-refractivity contribution in [1.29, 1.82) is 10.5 Å². The van der Waals surface area contributed by atoms with Gasteiger partial charge in [0.15, 0.2) is 0 Å². The van der Waals surface area contributed by atoms with E-state index in [4.69, 9.17) is 10.5 Å². The predicted molar refractivity (Wildman–Crippen MR) is 123 cm³/mol. The molecule has 1 aromatic heterocycles. The predicted octanol–water partition coefficient (Wildman–Crippen LogP) is 2.33. The fraction of sp³-hybridized carbons (Fsp3) is 0.348. The number of ether oxygens (including phenoxy) is 1. The number of pyridine rings is 1. The van der Waals surface area contributed by atoms with E-state index < -0.39 is 23.0 Å². The van der Waals surface area contributed by atoms with E-state index in [0.29, 0.717) is 43.5 Å². The van der Waals surface area contributed by atoms with Crippen molar-refractivity contribution in [3.8, 4) is 12.1 Å². The number of halogens is 3. The van der Waals surface area contributed by atoms with Gasteiger partial charge in [0.05, 0.1) is 11.1 Å². The number of alkyl halides is 3. The molecule has 0 spiro atoms. The summed E-state index contributed by atoms with van der Waals surface area (Å²) in [5.41, 5.74) is 5.73. The number of amides is 1. The Bertz CT molecular complexity index is 1240. The number of anilines is 1. The summed E-state index contributed by atoms with van der Waals surface area (Å²) >= 11 is 0.317. The zero-order valence-electron chi connectivity index (χ0n) is 19.1. The second-order valence-electron chi connectivity index (χ2n) is 7.62. The van der Waals surface area contributed by atoms with E-state index in [-0.39, 0.29) is 34.0 Å². The lowest BCUT2D eigenvalue weighted by Gasteiger charge is -2.32. The second-order valence-corrected chi connectivity index (χ2v) is 8.79. The van der Waals surface area contributed by atoms with E-state index in [1.807, 2.05) is 6.07 Å². The van der Waals surface area contributed by atoms with Crippen LogP contribution in [0.25, 0.3) is 0 Å². The molecule has 1 amide bonds. The van der Waals surface area contributed by atoms with Gasteiger partial charge in [-0.25, -0.2) is 9.78 Å². The highest BCUT2D eigenvalue weighted by atomic mass is 32.2. The molecule has 13 heteroatoms. The van der Waals surface area contributed by atoms with E-state index in [1.165, 1.54) is 24.3 Å². The Balaban J connectivity index is 2.28. The van der Waals surface area contributed by atoms with Crippen LogP contribution < -0.4 is 16.0 Å². The van der Waals surface area contributed by atoms with Crippen LogP contribution in [0.2, 0.25) is 0 Å². The fourth-order valence-corrected chi connectivity index (χ4v) is 4.87. The number of nitriles is 2. The van der Waals surface area contributed by atoms with Gasteiger partial charge >= 0.3 is 12.1 Å². The van der Waals surface area contributed by atoms with Crippen molar-refractivity contribution in [2.75, 3.05) is 31.1 Å². The van der Waals surface area contributed by atoms with Gasteiger partial charge in [-0.05, 0) is 23.7 Å². The summed E-state index contributed by atoms with van der Waals surface area (Å²) in [5.74, 6) is -3.83. The molecule has 1 aliphatic rings. The zero-order chi connectivity index (χ0) is 26.5. The van der Waals surface area contributed by atoms with E-state index in [1.54, 1.807) is 17.9 Å². The number of carbonyl (C=O) groups excluding carboxylic acids is 2. The Morgan fingerprint density at radius 2 is 1.78 bits per heavy atom. The summed E-state index contributed by atoms with van der Waals surface area (Å²) in [6.45, 7) is 3.84. The average Bonchev–Trinajstić information content (AvgIpc) is 2.87. The lowest BCUT2D eigenvalue weighted by Crippen LogP contribution is -2.45. The molecule has 3 N–H and O–H groups in total. The lowest BCUT2D eigenvalue weighted by molar-refractivity contribution is -0.208. The first-order valence-electron chi connectivity index (χ1n) is 10.8. The smallest absolute Gasteiger partial charge is 0.427 e. The fourth-order valence-electron chi connectivity index (χ4n) is 3.73. The number of primary amides is 1. The Hall–Kier alpha value is -3.81.